The molecule has 2 bridgehead atoms. The summed E-state index contributed by atoms with van der Waals surface area (Å²) in [6, 6.07) is 2.69. The van der Waals surface area contributed by atoms with E-state index in [-0.39, 0.29) is 24.4 Å². The number of nitrogens with zero attached hydrogens (tertiary/aromatic N) is 2. The van der Waals surface area contributed by atoms with Crippen LogP contribution in [0.5, 0.6) is 0 Å². The Morgan fingerprint density at radius 1 is 1.24 bits per heavy atom. The fraction of sp³-hybridized carbons (Fsp3) is 0.733. The van der Waals surface area contributed by atoms with Crippen molar-refractivity contribution in [1.29, 1.82) is 0 Å². The van der Waals surface area contributed by atoms with Gasteiger partial charge >= 0.3 is 0 Å². The molecule has 5 nitrogen and oxygen atoms in total. The Morgan fingerprint density at radius 2 is 1.90 bits per heavy atom. The predicted molar refractivity (Wildman–Crippen MR) is 80.5 cm³/mol. The number of halogens is 1. The van der Waals surface area contributed by atoms with E-state index in [9.17, 15) is 4.79 Å². The molecular weight excluding hydrogens is 290 g/mol. The average molecular weight is 312 g/mol. The van der Waals surface area contributed by atoms with Crippen LogP contribution in [0.1, 0.15) is 67.1 Å². The molecule has 116 valence electrons. The predicted octanol–water partition coefficient (Wildman–Crippen LogP) is 2.46. The van der Waals surface area contributed by atoms with Gasteiger partial charge in [-0.1, -0.05) is 5.16 Å². The summed E-state index contributed by atoms with van der Waals surface area (Å²) < 4.78 is 5.32. The first-order valence-electron chi connectivity index (χ1n) is 7.77. The van der Waals surface area contributed by atoms with Crippen LogP contribution < -0.4 is 5.73 Å². The number of carbonyl (C=O) groups is 1. The first kappa shape index (κ1) is 14.9. The van der Waals surface area contributed by atoms with E-state index in [2.05, 4.69) is 5.16 Å². The Balaban J connectivity index is 0.00000132. The minimum Gasteiger partial charge on any atom is -0.360 e. The Kier molecular flexibility index (Phi) is 3.97. The third kappa shape index (κ3) is 2.69. The van der Waals surface area contributed by atoms with Gasteiger partial charge in [-0.25, -0.2) is 0 Å². The minimum atomic E-state index is 0. The lowest BCUT2D eigenvalue weighted by molar-refractivity contribution is 0.0234. The van der Waals surface area contributed by atoms with Gasteiger partial charge in [0, 0.05) is 30.1 Å². The molecule has 1 aromatic rings. The Labute approximate surface area is 130 Å². The standard InChI is InChI=1S/C15H21N3O2.ClH/c16-10-6-11-2-1-3-12(7-10)18(11)15(19)13-8-14(20-17-13)9-4-5-9;/h8-12H,1-7,16H2;1H. The van der Waals surface area contributed by atoms with E-state index in [1.807, 2.05) is 11.0 Å². The summed E-state index contributed by atoms with van der Waals surface area (Å²) in [7, 11) is 0. The zero-order chi connectivity index (χ0) is 13.7. The van der Waals surface area contributed by atoms with Crippen molar-refractivity contribution in [3.8, 4) is 0 Å². The van der Waals surface area contributed by atoms with Crippen molar-refractivity contribution in [1.82, 2.24) is 10.1 Å². The average Bonchev–Trinajstić information content (AvgIpc) is 3.15. The number of aromatic nitrogens is 1. The van der Waals surface area contributed by atoms with Gasteiger partial charge in [-0.2, -0.15) is 0 Å². The monoisotopic (exact) mass is 311 g/mol. The number of piperidine rings is 2. The zero-order valence-corrected chi connectivity index (χ0v) is 12.8. The molecule has 1 saturated carbocycles. The normalized spacial score (nSPS) is 31.7. The number of hydrogen-bond donors (Lipinski definition) is 1. The molecule has 21 heavy (non-hydrogen) atoms. The lowest BCUT2D eigenvalue weighted by Gasteiger charge is -2.47. The first-order chi connectivity index (χ1) is 9.72. The van der Waals surface area contributed by atoms with Gasteiger partial charge in [0.2, 0.25) is 0 Å². The van der Waals surface area contributed by atoms with E-state index in [0.717, 1.165) is 44.3 Å². The molecule has 3 heterocycles. The van der Waals surface area contributed by atoms with Gasteiger partial charge in [0.25, 0.3) is 5.91 Å². The molecule has 3 aliphatic rings. The Bertz CT molecular complexity index is 515. The molecule has 2 aliphatic heterocycles. The number of nitrogens with two attached hydrogens (primary N) is 1. The van der Waals surface area contributed by atoms with Crippen molar-refractivity contribution >= 4 is 18.3 Å². The highest BCUT2D eigenvalue weighted by Gasteiger charge is 2.41. The maximum absolute atomic E-state index is 12.7. The summed E-state index contributed by atoms with van der Waals surface area (Å²) in [5, 5.41) is 4.00. The van der Waals surface area contributed by atoms with Gasteiger partial charge in [-0.15, -0.1) is 12.4 Å². The molecule has 0 spiro atoms. The van der Waals surface area contributed by atoms with Gasteiger partial charge in [0.15, 0.2) is 5.69 Å². The van der Waals surface area contributed by atoms with Crippen molar-refractivity contribution < 1.29 is 9.32 Å². The first-order valence-corrected chi connectivity index (χ1v) is 7.77. The van der Waals surface area contributed by atoms with Crippen molar-refractivity contribution in [3.05, 3.63) is 17.5 Å². The van der Waals surface area contributed by atoms with E-state index in [4.69, 9.17) is 10.3 Å². The van der Waals surface area contributed by atoms with Crippen LogP contribution in [0.3, 0.4) is 0 Å². The second-order valence-electron chi connectivity index (χ2n) is 6.57. The molecule has 1 amide bonds. The molecule has 2 unspecified atom stereocenters. The smallest absolute Gasteiger partial charge is 0.276 e. The molecule has 1 aromatic heterocycles. The van der Waals surface area contributed by atoms with Crippen LogP contribution >= 0.6 is 12.4 Å². The molecule has 0 radical (unpaired) electrons. The fourth-order valence-corrected chi connectivity index (χ4v) is 3.84. The third-order valence-corrected chi connectivity index (χ3v) is 4.97. The van der Waals surface area contributed by atoms with Gasteiger partial charge in [0.1, 0.15) is 5.76 Å². The van der Waals surface area contributed by atoms with Crippen LogP contribution in [-0.2, 0) is 0 Å². The van der Waals surface area contributed by atoms with Crippen molar-refractivity contribution in [2.75, 3.05) is 0 Å². The molecule has 2 saturated heterocycles. The van der Waals surface area contributed by atoms with Gasteiger partial charge in [0.05, 0.1) is 0 Å². The minimum absolute atomic E-state index is 0. The zero-order valence-electron chi connectivity index (χ0n) is 12.0. The fourth-order valence-electron chi connectivity index (χ4n) is 3.84. The van der Waals surface area contributed by atoms with E-state index in [0.29, 0.717) is 23.7 Å². The summed E-state index contributed by atoms with van der Waals surface area (Å²) in [6.07, 6.45) is 7.52. The lowest BCUT2D eigenvalue weighted by Crippen LogP contribution is -2.57. The van der Waals surface area contributed by atoms with Gasteiger partial charge in [-0.05, 0) is 44.9 Å². The number of fused-ring (bicyclic) bond motifs is 2. The van der Waals surface area contributed by atoms with Crippen LogP contribution in [0.2, 0.25) is 0 Å². The van der Waals surface area contributed by atoms with E-state index in [1.54, 1.807) is 0 Å². The number of hydrogen-bond acceptors (Lipinski definition) is 4. The maximum atomic E-state index is 12.7. The van der Waals surface area contributed by atoms with Crippen LogP contribution in [0.4, 0.5) is 0 Å². The highest BCUT2D eigenvalue weighted by atomic mass is 35.5. The molecule has 4 rings (SSSR count). The van der Waals surface area contributed by atoms with Crippen molar-refractivity contribution in [2.45, 2.75) is 69.0 Å². The van der Waals surface area contributed by atoms with Crippen LogP contribution in [0.15, 0.2) is 10.6 Å². The molecule has 1 aliphatic carbocycles. The van der Waals surface area contributed by atoms with E-state index in [1.165, 1.54) is 6.42 Å². The number of amides is 1. The topological polar surface area (TPSA) is 72.4 Å². The molecule has 2 N–H and O–H groups in total. The SMILES string of the molecule is Cl.NC1CC2CCCC(C1)N2C(=O)c1cc(C2CC2)on1. The highest BCUT2D eigenvalue weighted by Crippen LogP contribution is 2.41. The molecule has 2 atom stereocenters. The Hall–Kier alpha value is -1.07. The summed E-state index contributed by atoms with van der Waals surface area (Å²) in [5.74, 6) is 1.42. The number of rotatable bonds is 2. The molecule has 0 aromatic carbocycles. The summed E-state index contributed by atoms with van der Waals surface area (Å²) in [6.45, 7) is 0. The quantitative estimate of drug-likeness (QED) is 0.910. The largest absolute Gasteiger partial charge is 0.360 e. The van der Waals surface area contributed by atoms with Gasteiger partial charge in [-0.3, -0.25) is 4.79 Å². The summed E-state index contributed by atoms with van der Waals surface area (Å²) in [4.78, 5) is 14.8. The highest BCUT2D eigenvalue weighted by molar-refractivity contribution is 5.93. The van der Waals surface area contributed by atoms with Crippen molar-refractivity contribution in [3.63, 3.8) is 0 Å². The number of carbonyl (C=O) groups excluding carboxylic acids is 1. The summed E-state index contributed by atoms with van der Waals surface area (Å²) >= 11 is 0. The molecule has 6 heteroatoms. The van der Waals surface area contributed by atoms with Crippen LogP contribution in [0.25, 0.3) is 0 Å². The van der Waals surface area contributed by atoms with Crippen LogP contribution in [0, 0.1) is 0 Å². The van der Waals surface area contributed by atoms with Crippen LogP contribution in [-0.4, -0.2) is 34.1 Å². The molecule has 3 fully saturated rings. The second kappa shape index (κ2) is 5.61. The Morgan fingerprint density at radius 3 is 2.52 bits per heavy atom. The third-order valence-electron chi connectivity index (χ3n) is 4.97. The summed E-state index contributed by atoms with van der Waals surface area (Å²) in [5.41, 5.74) is 6.59. The van der Waals surface area contributed by atoms with E-state index >= 15 is 0 Å². The molecular formula is C15H22ClN3O2. The maximum Gasteiger partial charge on any atom is 0.276 e. The second-order valence-corrected chi connectivity index (χ2v) is 6.57. The van der Waals surface area contributed by atoms with Crippen molar-refractivity contribution in [2.24, 2.45) is 5.73 Å². The van der Waals surface area contributed by atoms with Gasteiger partial charge < -0.3 is 15.2 Å². The lowest BCUT2D eigenvalue weighted by atomic mass is 9.82. The van der Waals surface area contributed by atoms with E-state index < -0.39 is 0 Å².